The first-order chi connectivity index (χ1) is 8.93. The summed E-state index contributed by atoms with van der Waals surface area (Å²) in [4.78, 5) is 9.86. The highest BCUT2D eigenvalue weighted by Gasteiger charge is 2.26. The number of hydrogen-bond acceptors (Lipinski definition) is 4. The molecule has 1 N–H and O–H groups in total. The number of hydrogen-bond donors (Lipinski definition) is 1. The molecule has 2 fully saturated rings. The van der Waals surface area contributed by atoms with E-state index in [-0.39, 0.29) is 0 Å². The molecule has 102 valence electrons. The molecule has 0 saturated carbocycles. The molecule has 1 unspecified atom stereocenters. The Hall–Kier alpha value is -0.610. The number of rotatable bonds is 1. The summed E-state index contributed by atoms with van der Waals surface area (Å²) in [6, 6.07) is 0. The van der Waals surface area contributed by atoms with E-state index in [1.54, 1.807) is 0 Å². The molecule has 4 nitrogen and oxygen atoms in total. The van der Waals surface area contributed by atoms with Crippen LogP contribution < -0.4 is 5.32 Å². The Morgan fingerprint density at radius 1 is 1.00 bits per heavy atom. The zero-order valence-corrected chi connectivity index (χ0v) is 11.4. The van der Waals surface area contributed by atoms with E-state index >= 15 is 0 Å². The monoisotopic (exact) mass is 250 g/mol. The maximum atomic E-state index is 4.70. The Morgan fingerprint density at radius 2 is 1.89 bits per heavy atom. The second kappa shape index (κ2) is 6.02. The molecule has 3 aliphatic rings. The number of amidine groups is 1. The molecule has 3 rings (SSSR count). The fourth-order valence-corrected chi connectivity index (χ4v) is 3.38. The number of nitrogens with zero attached hydrogens (tertiary/aromatic N) is 3. The van der Waals surface area contributed by atoms with Crippen LogP contribution in [0.25, 0.3) is 0 Å². The maximum Gasteiger partial charge on any atom is 0.0989 e. The lowest BCUT2D eigenvalue weighted by molar-refractivity contribution is 0.0925. The van der Waals surface area contributed by atoms with E-state index in [0.29, 0.717) is 6.17 Å². The molecule has 18 heavy (non-hydrogen) atoms. The minimum atomic E-state index is 0.647. The molecule has 0 aromatic heterocycles. The quantitative estimate of drug-likeness (QED) is 0.761. The summed E-state index contributed by atoms with van der Waals surface area (Å²) in [5.74, 6) is 1.39. The van der Waals surface area contributed by atoms with Crippen LogP contribution in [0.2, 0.25) is 0 Å². The van der Waals surface area contributed by atoms with Crippen molar-refractivity contribution in [3.63, 3.8) is 0 Å². The van der Waals surface area contributed by atoms with Gasteiger partial charge in [-0.2, -0.15) is 0 Å². The van der Waals surface area contributed by atoms with Gasteiger partial charge in [-0.3, -0.25) is 9.89 Å². The van der Waals surface area contributed by atoms with Crippen molar-refractivity contribution in [2.24, 2.45) is 4.99 Å². The summed E-state index contributed by atoms with van der Waals surface area (Å²) in [6.45, 7) is 7.03. The van der Waals surface area contributed by atoms with E-state index in [1.807, 2.05) is 0 Å². The lowest BCUT2D eigenvalue weighted by atomic mass is 10.1. The van der Waals surface area contributed by atoms with E-state index < -0.39 is 0 Å². The van der Waals surface area contributed by atoms with Gasteiger partial charge in [0, 0.05) is 39.1 Å². The molecule has 2 saturated heterocycles. The number of aliphatic imine (C=N–C) groups is 1. The Balaban J connectivity index is 1.49. The van der Waals surface area contributed by atoms with Crippen LogP contribution in [0, 0.1) is 0 Å². The standard InChI is InChI=1S/C14H26N4/c1-3-7-15-13(5-1)17-9-11-18(12-10-17)14-6-2-4-8-16-14/h13,15H,1-12H2. The first kappa shape index (κ1) is 12.4. The summed E-state index contributed by atoms with van der Waals surface area (Å²) in [6.07, 6.45) is 8.56. The van der Waals surface area contributed by atoms with Gasteiger partial charge in [0.05, 0.1) is 12.0 Å². The minimum Gasteiger partial charge on any atom is -0.358 e. The highest BCUT2D eigenvalue weighted by molar-refractivity contribution is 5.82. The van der Waals surface area contributed by atoms with Gasteiger partial charge in [-0.15, -0.1) is 0 Å². The molecule has 0 radical (unpaired) electrons. The molecule has 0 bridgehead atoms. The summed E-state index contributed by atoms with van der Waals surface area (Å²) in [5, 5.41) is 3.66. The van der Waals surface area contributed by atoms with Gasteiger partial charge in [0.25, 0.3) is 0 Å². The van der Waals surface area contributed by atoms with Crippen molar-refractivity contribution >= 4 is 5.84 Å². The van der Waals surface area contributed by atoms with Crippen LogP contribution in [0.15, 0.2) is 4.99 Å². The molecular weight excluding hydrogens is 224 g/mol. The highest BCUT2D eigenvalue weighted by atomic mass is 15.3. The van der Waals surface area contributed by atoms with Gasteiger partial charge in [-0.1, -0.05) is 0 Å². The van der Waals surface area contributed by atoms with E-state index in [0.717, 1.165) is 6.54 Å². The van der Waals surface area contributed by atoms with Gasteiger partial charge < -0.3 is 10.2 Å². The van der Waals surface area contributed by atoms with E-state index in [2.05, 4.69) is 15.1 Å². The Bertz CT molecular complexity index is 288. The van der Waals surface area contributed by atoms with Crippen molar-refractivity contribution in [2.45, 2.75) is 44.7 Å². The molecule has 3 heterocycles. The van der Waals surface area contributed by atoms with Crippen LogP contribution in [-0.4, -0.2) is 61.1 Å². The fraction of sp³-hybridized carbons (Fsp3) is 0.929. The second-order valence-electron chi connectivity index (χ2n) is 5.74. The van der Waals surface area contributed by atoms with Crippen molar-refractivity contribution in [3.05, 3.63) is 0 Å². The number of piperazine rings is 1. The normalized spacial score (nSPS) is 31.2. The number of piperidine rings is 1. The Kier molecular flexibility index (Phi) is 4.16. The number of nitrogens with one attached hydrogen (secondary N) is 1. The van der Waals surface area contributed by atoms with Gasteiger partial charge in [0.1, 0.15) is 0 Å². The molecular formula is C14H26N4. The van der Waals surface area contributed by atoms with Crippen LogP contribution >= 0.6 is 0 Å². The SMILES string of the molecule is C1CCC(N2CCN(C3CCCCN3)CC2)=NC1. The average molecular weight is 250 g/mol. The van der Waals surface area contributed by atoms with E-state index in [1.165, 1.54) is 77.1 Å². The van der Waals surface area contributed by atoms with E-state index in [9.17, 15) is 0 Å². The predicted molar refractivity (Wildman–Crippen MR) is 74.9 cm³/mol. The smallest absolute Gasteiger partial charge is 0.0989 e. The van der Waals surface area contributed by atoms with Crippen LogP contribution in [0.3, 0.4) is 0 Å². The molecule has 0 spiro atoms. The lowest BCUT2D eigenvalue weighted by Gasteiger charge is -2.42. The summed E-state index contributed by atoms with van der Waals surface area (Å²) < 4.78 is 0. The summed E-state index contributed by atoms with van der Waals surface area (Å²) in [7, 11) is 0. The average Bonchev–Trinajstić information content (AvgIpc) is 2.49. The topological polar surface area (TPSA) is 30.9 Å². The van der Waals surface area contributed by atoms with Crippen LogP contribution in [0.4, 0.5) is 0 Å². The Morgan fingerprint density at radius 3 is 2.56 bits per heavy atom. The van der Waals surface area contributed by atoms with Gasteiger partial charge >= 0.3 is 0 Å². The van der Waals surface area contributed by atoms with Gasteiger partial charge in [-0.25, -0.2) is 0 Å². The van der Waals surface area contributed by atoms with Gasteiger partial charge in [0.15, 0.2) is 0 Å². The molecule has 3 aliphatic heterocycles. The van der Waals surface area contributed by atoms with E-state index in [4.69, 9.17) is 4.99 Å². The minimum absolute atomic E-state index is 0.647. The van der Waals surface area contributed by atoms with Crippen LogP contribution in [0.5, 0.6) is 0 Å². The fourth-order valence-electron chi connectivity index (χ4n) is 3.38. The second-order valence-corrected chi connectivity index (χ2v) is 5.74. The van der Waals surface area contributed by atoms with Crippen molar-refractivity contribution in [1.29, 1.82) is 0 Å². The van der Waals surface area contributed by atoms with Crippen LogP contribution in [-0.2, 0) is 0 Å². The first-order valence-corrected chi connectivity index (χ1v) is 7.69. The summed E-state index contributed by atoms with van der Waals surface area (Å²) >= 11 is 0. The third kappa shape index (κ3) is 2.86. The highest BCUT2D eigenvalue weighted by Crippen LogP contribution is 2.16. The third-order valence-electron chi connectivity index (χ3n) is 4.51. The Labute approximate surface area is 110 Å². The first-order valence-electron chi connectivity index (χ1n) is 7.69. The van der Waals surface area contributed by atoms with Gasteiger partial charge in [-0.05, 0) is 38.6 Å². The summed E-state index contributed by atoms with van der Waals surface area (Å²) in [5.41, 5.74) is 0. The van der Waals surface area contributed by atoms with Crippen LogP contribution in [0.1, 0.15) is 38.5 Å². The molecule has 0 aliphatic carbocycles. The third-order valence-corrected chi connectivity index (χ3v) is 4.51. The molecule has 0 aromatic carbocycles. The zero-order chi connectivity index (χ0) is 12.2. The maximum absolute atomic E-state index is 4.70. The van der Waals surface area contributed by atoms with Crippen molar-refractivity contribution in [1.82, 2.24) is 15.1 Å². The van der Waals surface area contributed by atoms with Crippen molar-refractivity contribution in [2.75, 3.05) is 39.3 Å². The molecule has 4 heteroatoms. The van der Waals surface area contributed by atoms with Crippen molar-refractivity contribution < 1.29 is 0 Å². The zero-order valence-electron chi connectivity index (χ0n) is 11.4. The van der Waals surface area contributed by atoms with Gasteiger partial charge in [0.2, 0.25) is 0 Å². The lowest BCUT2D eigenvalue weighted by Crippen LogP contribution is -2.56. The molecule has 1 atom stereocenters. The molecule has 0 aromatic rings. The van der Waals surface area contributed by atoms with Crippen molar-refractivity contribution in [3.8, 4) is 0 Å². The molecule has 0 amide bonds. The predicted octanol–water partition coefficient (Wildman–Crippen LogP) is 1.29. The largest absolute Gasteiger partial charge is 0.358 e.